The molecule has 5 heteroatoms. The highest BCUT2D eigenvalue weighted by atomic mass is 16.5. The smallest absolute Gasteiger partial charge is 0.267 e. The van der Waals surface area contributed by atoms with Crippen LogP contribution in [-0.4, -0.2) is 22.9 Å². The van der Waals surface area contributed by atoms with E-state index in [1.165, 1.54) is 0 Å². The normalized spacial score (nSPS) is 19.3. The quantitative estimate of drug-likeness (QED) is 0.825. The molecule has 1 N–H and O–H groups in total. The van der Waals surface area contributed by atoms with Crippen LogP contribution in [0.5, 0.6) is 5.75 Å². The first-order chi connectivity index (χ1) is 9.24. The summed E-state index contributed by atoms with van der Waals surface area (Å²) in [6.07, 6.45) is 1.74. The van der Waals surface area contributed by atoms with Crippen molar-refractivity contribution in [2.24, 2.45) is 0 Å². The number of nitrogens with zero attached hydrogens (tertiary/aromatic N) is 1. The second-order valence-corrected chi connectivity index (χ2v) is 4.39. The highest BCUT2D eigenvalue weighted by Gasteiger charge is 2.28. The third-order valence-corrected chi connectivity index (χ3v) is 3.05. The van der Waals surface area contributed by atoms with E-state index in [4.69, 9.17) is 4.74 Å². The highest BCUT2D eigenvalue weighted by molar-refractivity contribution is 6.00. The number of amides is 2. The van der Waals surface area contributed by atoms with Gasteiger partial charge in [-0.2, -0.15) is 0 Å². The fourth-order valence-corrected chi connectivity index (χ4v) is 2.11. The van der Waals surface area contributed by atoms with E-state index in [-0.39, 0.29) is 11.8 Å². The molecule has 0 radical (unpaired) electrons. The van der Waals surface area contributed by atoms with E-state index >= 15 is 0 Å². The van der Waals surface area contributed by atoms with Crippen molar-refractivity contribution in [3.8, 4) is 5.75 Å². The number of imide groups is 1. The Balaban J connectivity index is 1.89. The SMILES string of the molecule is O=C1CCC(Oc2cccc3cccnc23)C(=O)N1. The largest absolute Gasteiger partial charge is 0.478 e. The van der Waals surface area contributed by atoms with Crippen molar-refractivity contribution in [2.45, 2.75) is 18.9 Å². The fraction of sp³-hybridized carbons (Fsp3) is 0.214. The number of hydrogen-bond donors (Lipinski definition) is 1. The van der Waals surface area contributed by atoms with E-state index in [9.17, 15) is 9.59 Å². The van der Waals surface area contributed by atoms with Gasteiger partial charge in [0.05, 0.1) is 0 Å². The molecule has 1 aliphatic heterocycles. The molecule has 0 saturated carbocycles. The number of pyridine rings is 1. The molecule has 19 heavy (non-hydrogen) atoms. The minimum Gasteiger partial charge on any atom is -0.478 e. The third-order valence-electron chi connectivity index (χ3n) is 3.05. The van der Waals surface area contributed by atoms with Gasteiger partial charge in [-0.1, -0.05) is 18.2 Å². The van der Waals surface area contributed by atoms with Crippen LogP contribution in [0.3, 0.4) is 0 Å². The molecule has 2 aromatic rings. The zero-order valence-electron chi connectivity index (χ0n) is 10.1. The van der Waals surface area contributed by atoms with Crippen LogP contribution < -0.4 is 10.1 Å². The molecule has 2 heterocycles. The average molecular weight is 256 g/mol. The first kappa shape index (κ1) is 11.6. The maximum Gasteiger partial charge on any atom is 0.267 e. The number of ether oxygens (including phenoxy) is 1. The van der Waals surface area contributed by atoms with Gasteiger partial charge in [0.15, 0.2) is 6.10 Å². The number of nitrogens with one attached hydrogen (secondary N) is 1. The van der Waals surface area contributed by atoms with Gasteiger partial charge in [-0.15, -0.1) is 0 Å². The second-order valence-electron chi connectivity index (χ2n) is 4.39. The molecular formula is C14H12N2O3. The van der Waals surface area contributed by atoms with E-state index in [1.807, 2.05) is 24.3 Å². The lowest BCUT2D eigenvalue weighted by molar-refractivity contribution is -0.138. The van der Waals surface area contributed by atoms with Crippen LogP contribution in [0.2, 0.25) is 0 Å². The molecule has 5 nitrogen and oxygen atoms in total. The monoisotopic (exact) mass is 256 g/mol. The summed E-state index contributed by atoms with van der Waals surface area (Å²) in [5.41, 5.74) is 0.717. The van der Waals surface area contributed by atoms with Gasteiger partial charge in [0.25, 0.3) is 5.91 Å². The molecule has 0 spiro atoms. The van der Waals surface area contributed by atoms with E-state index in [2.05, 4.69) is 10.3 Å². The molecule has 1 aliphatic rings. The Kier molecular flexibility index (Phi) is 2.87. The maximum atomic E-state index is 11.7. The van der Waals surface area contributed by atoms with Gasteiger partial charge in [0.2, 0.25) is 5.91 Å². The van der Waals surface area contributed by atoms with Gasteiger partial charge in [0, 0.05) is 24.4 Å². The van der Waals surface area contributed by atoms with Crippen LogP contribution in [0.1, 0.15) is 12.8 Å². The summed E-state index contributed by atoms with van der Waals surface area (Å²) in [5, 5.41) is 3.23. The molecule has 2 amide bonds. The van der Waals surface area contributed by atoms with Crippen molar-refractivity contribution in [3.05, 3.63) is 36.5 Å². The van der Waals surface area contributed by atoms with E-state index in [1.54, 1.807) is 12.3 Å². The van der Waals surface area contributed by atoms with Gasteiger partial charge >= 0.3 is 0 Å². The van der Waals surface area contributed by atoms with Crippen LogP contribution in [-0.2, 0) is 9.59 Å². The number of hydrogen-bond acceptors (Lipinski definition) is 4. The minimum absolute atomic E-state index is 0.249. The van der Waals surface area contributed by atoms with Gasteiger partial charge in [-0.25, -0.2) is 0 Å². The number of benzene rings is 1. The molecule has 0 aliphatic carbocycles. The Morgan fingerprint density at radius 1 is 1.21 bits per heavy atom. The summed E-state index contributed by atoms with van der Waals surface area (Å²) < 4.78 is 5.70. The molecule has 1 unspecified atom stereocenters. The van der Waals surface area contributed by atoms with Crippen molar-refractivity contribution in [1.82, 2.24) is 10.3 Å². The van der Waals surface area contributed by atoms with Crippen LogP contribution in [0, 0.1) is 0 Å². The van der Waals surface area contributed by atoms with Crippen molar-refractivity contribution < 1.29 is 14.3 Å². The predicted octanol–water partition coefficient (Wildman–Crippen LogP) is 1.42. The predicted molar refractivity (Wildman–Crippen MR) is 68.5 cm³/mol. The summed E-state index contributed by atoms with van der Waals surface area (Å²) in [4.78, 5) is 27.0. The first-order valence-corrected chi connectivity index (χ1v) is 6.08. The van der Waals surface area contributed by atoms with Gasteiger partial charge < -0.3 is 4.74 Å². The molecule has 1 fully saturated rings. The van der Waals surface area contributed by atoms with Crippen LogP contribution >= 0.6 is 0 Å². The Labute approximate surface area is 109 Å². The third kappa shape index (κ3) is 2.27. The highest BCUT2D eigenvalue weighted by Crippen LogP contribution is 2.25. The molecule has 1 aromatic carbocycles. The van der Waals surface area contributed by atoms with Crippen molar-refractivity contribution in [2.75, 3.05) is 0 Å². The summed E-state index contributed by atoms with van der Waals surface area (Å²) in [7, 11) is 0. The number of fused-ring (bicyclic) bond motifs is 1. The summed E-state index contributed by atoms with van der Waals surface area (Å²) in [6.45, 7) is 0. The van der Waals surface area contributed by atoms with Gasteiger partial charge in [-0.05, 0) is 12.1 Å². The Hall–Kier alpha value is -2.43. The molecule has 0 bridgehead atoms. The van der Waals surface area contributed by atoms with Gasteiger partial charge in [-0.3, -0.25) is 19.9 Å². The Bertz CT molecular complexity index is 649. The minimum atomic E-state index is -0.634. The lowest BCUT2D eigenvalue weighted by atomic mass is 10.1. The maximum absolute atomic E-state index is 11.7. The molecule has 1 saturated heterocycles. The van der Waals surface area contributed by atoms with E-state index < -0.39 is 6.10 Å². The summed E-state index contributed by atoms with van der Waals surface area (Å²) in [6, 6.07) is 9.34. The number of aromatic nitrogens is 1. The zero-order chi connectivity index (χ0) is 13.2. The number of para-hydroxylation sites is 1. The van der Waals surface area contributed by atoms with Crippen LogP contribution in [0.15, 0.2) is 36.5 Å². The molecule has 1 atom stereocenters. The lowest BCUT2D eigenvalue weighted by Crippen LogP contribution is -2.46. The Morgan fingerprint density at radius 2 is 2.05 bits per heavy atom. The summed E-state index contributed by atoms with van der Waals surface area (Å²) >= 11 is 0. The van der Waals surface area contributed by atoms with E-state index in [0.717, 1.165) is 10.9 Å². The average Bonchev–Trinajstić information content (AvgIpc) is 2.42. The Morgan fingerprint density at radius 3 is 2.89 bits per heavy atom. The molecular weight excluding hydrogens is 244 g/mol. The van der Waals surface area contributed by atoms with Gasteiger partial charge in [0.1, 0.15) is 11.3 Å². The second kappa shape index (κ2) is 4.68. The number of carbonyl (C=O) groups excluding carboxylic acids is 2. The fourth-order valence-electron chi connectivity index (χ4n) is 2.11. The van der Waals surface area contributed by atoms with Crippen molar-refractivity contribution >= 4 is 22.7 Å². The van der Waals surface area contributed by atoms with Crippen LogP contribution in [0.25, 0.3) is 10.9 Å². The van der Waals surface area contributed by atoms with Crippen molar-refractivity contribution in [1.29, 1.82) is 0 Å². The molecule has 3 rings (SSSR count). The summed E-state index contributed by atoms with van der Waals surface area (Å²) in [5.74, 6) is -0.0716. The first-order valence-electron chi connectivity index (χ1n) is 6.08. The standard InChI is InChI=1S/C14H12N2O3/c17-12-7-6-11(14(18)16-12)19-10-5-1-3-9-4-2-8-15-13(9)10/h1-5,8,11H,6-7H2,(H,16,17,18). The molecule has 96 valence electrons. The van der Waals surface area contributed by atoms with E-state index in [0.29, 0.717) is 18.6 Å². The lowest BCUT2D eigenvalue weighted by Gasteiger charge is -2.22. The zero-order valence-corrected chi connectivity index (χ0v) is 10.1. The number of carbonyl (C=O) groups is 2. The van der Waals surface area contributed by atoms with Crippen molar-refractivity contribution in [3.63, 3.8) is 0 Å². The topological polar surface area (TPSA) is 68.3 Å². The molecule has 1 aromatic heterocycles. The van der Waals surface area contributed by atoms with Crippen LogP contribution in [0.4, 0.5) is 0 Å². The number of piperidine rings is 1. The number of rotatable bonds is 2.